The van der Waals surface area contributed by atoms with Gasteiger partial charge < -0.3 is 15.5 Å². The third-order valence-electron chi connectivity index (χ3n) is 4.85. The van der Waals surface area contributed by atoms with E-state index in [9.17, 15) is 0 Å². The lowest BCUT2D eigenvalue weighted by Gasteiger charge is -2.35. The van der Waals surface area contributed by atoms with Crippen molar-refractivity contribution in [2.75, 3.05) is 37.6 Å². The number of nitrogens with two attached hydrogens (primary N) is 1. The van der Waals surface area contributed by atoms with Crippen molar-refractivity contribution in [2.24, 2.45) is 22.6 Å². The summed E-state index contributed by atoms with van der Waals surface area (Å²) >= 11 is 1.70. The summed E-state index contributed by atoms with van der Waals surface area (Å²) in [5, 5.41) is 3.15. The maximum absolute atomic E-state index is 6.21. The molecule has 0 bridgehead atoms. The molecule has 0 amide bonds. The van der Waals surface area contributed by atoms with Crippen molar-refractivity contribution < 1.29 is 0 Å². The summed E-state index contributed by atoms with van der Waals surface area (Å²) in [5.41, 5.74) is 6.21. The van der Waals surface area contributed by atoms with Gasteiger partial charge in [-0.3, -0.25) is 4.99 Å². The predicted molar refractivity (Wildman–Crippen MR) is 109 cm³/mol. The Bertz CT molecular complexity index is 485. The molecular formula is C16H28IN5S. The number of hydrogen-bond donors (Lipinski definition) is 1. The predicted octanol–water partition coefficient (Wildman–Crippen LogP) is 3.02. The smallest absolute Gasteiger partial charge is 0.191 e. The molecule has 0 spiro atoms. The maximum atomic E-state index is 6.21. The van der Waals surface area contributed by atoms with E-state index in [2.05, 4.69) is 26.7 Å². The molecule has 2 N–H and O–H groups in total. The van der Waals surface area contributed by atoms with E-state index in [1.807, 2.05) is 11.6 Å². The summed E-state index contributed by atoms with van der Waals surface area (Å²) in [6.45, 7) is 7.10. The Labute approximate surface area is 160 Å². The molecule has 2 fully saturated rings. The van der Waals surface area contributed by atoms with Gasteiger partial charge in [0.05, 0.1) is 0 Å². The Morgan fingerprint density at radius 3 is 2.78 bits per heavy atom. The van der Waals surface area contributed by atoms with Crippen LogP contribution in [0.2, 0.25) is 0 Å². The summed E-state index contributed by atoms with van der Waals surface area (Å²) in [6, 6.07) is 0. The lowest BCUT2D eigenvalue weighted by Crippen LogP contribution is -2.51. The lowest BCUT2D eigenvalue weighted by molar-refractivity contribution is 0.287. The minimum atomic E-state index is 0. The van der Waals surface area contributed by atoms with Gasteiger partial charge >= 0.3 is 0 Å². The van der Waals surface area contributed by atoms with E-state index in [0.29, 0.717) is 0 Å². The van der Waals surface area contributed by atoms with Gasteiger partial charge in [-0.25, -0.2) is 4.98 Å². The molecule has 2 atom stereocenters. The average Bonchev–Trinajstić information content (AvgIpc) is 3.07. The fraction of sp³-hybridized carbons (Fsp3) is 0.750. The third-order valence-corrected chi connectivity index (χ3v) is 5.68. The average molecular weight is 449 g/mol. The first-order valence-corrected chi connectivity index (χ1v) is 9.29. The van der Waals surface area contributed by atoms with Crippen molar-refractivity contribution >= 4 is 46.4 Å². The SMILES string of the molecule is CC1CCCC(CN=C(N)N2CCN(c3nccs3)CC2)C1.I. The normalized spacial score (nSPS) is 26.0. The molecule has 2 aliphatic rings. The van der Waals surface area contributed by atoms with Crippen LogP contribution in [0.3, 0.4) is 0 Å². The van der Waals surface area contributed by atoms with E-state index in [-0.39, 0.29) is 24.0 Å². The fourth-order valence-corrected chi connectivity index (χ4v) is 4.24. The molecule has 2 unspecified atom stereocenters. The number of halogens is 1. The van der Waals surface area contributed by atoms with Crippen LogP contribution in [0.4, 0.5) is 5.13 Å². The minimum absolute atomic E-state index is 0. The number of thiazole rings is 1. The Hall–Kier alpha value is -0.570. The van der Waals surface area contributed by atoms with Gasteiger partial charge in [0.1, 0.15) is 0 Å². The Kier molecular flexibility index (Phi) is 7.39. The van der Waals surface area contributed by atoms with Crippen LogP contribution in [0, 0.1) is 11.8 Å². The first kappa shape index (κ1) is 18.8. The quantitative estimate of drug-likeness (QED) is 0.438. The zero-order chi connectivity index (χ0) is 15.4. The molecule has 1 aliphatic heterocycles. The molecule has 1 aliphatic carbocycles. The van der Waals surface area contributed by atoms with Crippen LogP contribution in [0.25, 0.3) is 0 Å². The van der Waals surface area contributed by atoms with Crippen molar-refractivity contribution in [1.29, 1.82) is 0 Å². The Morgan fingerprint density at radius 1 is 1.35 bits per heavy atom. The highest BCUT2D eigenvalue weighted by molar-refractivity contribution is 14.0. The van der Waals surface area contributed by atoms with Crippen LogP contribution in [0.15, 0.2) is 16.6 Å². The van der Waals surface area contributed by atoms with E-state index >= 15 is 0 Å². The standard InChI is InChI=1S/C16H27N5S.HI/c1-13-3-2-4-14(11-13)12-19-15(17)20-6-8-21(9-7-20)16-18-5-10-22-16;/h5,10,13-14H,2-4,6-9,11-12H2,1H3,(H2,17,19);1H. The minimum Gasteiger partial charge on any atom is -0.370 e. The van der Waals surface area contributed by atoms with Gasteiger partial charge in [-0.2, -0.15) is 0 Å². The van der Waals surface area contributed by atoms with Crippen molar-refractivity contribution in [3.63, 3.8) is 0 Å². The molecule has 3 rings (SSSR count). The molecule has 1 aromatic heterocycles. The molecule has 1 saturated heterocycles. The molecule has 0 aromatic carbocycles. The van der Waals surface area contributed by atoms with Crippen LogP contribution < -0.4 is 10.6 Å². The van der Waals surface area contributed by atoms with E-state index in [4.69, 9.17) is 5.73 Å². The van der Waals surface area contributed by atoms with Gasteiger partial charge in [0, 0.05) is 44.3 Å². The summed E-state index contributed by atoms with van der Waals surface area (Å²) in [6.07, 6.45) is 7.24. The van der Waals surface area contributed by atoms with Crippen LogP contribution in [-0.4, -0.2) is 48.6 Å². The monoisotopic (exact) mass is 449 g/mol. The second-order valence-electron chi connectivity index (χ2n) is 6.63. The van der Waals surface area contributed by atoms with E-state index in [1.165, 1.54) is 25.7 Å². The van der Waals surface area contributed by atoms with Crippen molar-refractivity contribution in [2.45, 2.75) is 32.6 Å². The molecule has 130 valence electrons. The van der Waals surface area contributed by atoms with Crippen molar-refractivity contribution in [1.82, 2.24) is 9.88 Å². The van der Waals surface area contributed by atoms with Crippen molar-refractivity contribution in [3.8, 4) is 0 Å². The summed E-state index contributed by atoms with van der Waals surface area (Å²) in [4.78, 5) is 13.6. The molecule has 7 heteroatoms. The maximum Gasteiger partial charge on any atom is 0.191 e. The number of aliphatic imine (C=N–C) groups is 1. The van der Waals surface area contributed by atoms with Crippen LogP contribution in [-0.2, 0) is 0 Å². The van der Waals surface area contributed by atoms with E-state index in [1.54, 1.807) is 11.3 Å². The summed E-state index contributed by atoms with van der Waals surface area (Å²) < 4.78 is 0. The Balaban J connectivity index is 0.00000192. The van der Waals surface area contributed by atoms with Gasteiger partial charge in [-0.15, -0.1) is 35.3 Å². The number of anilines is 1. The first-order chi connectivity index (χ1) is 10.7. The number of rotatable bonds is 3. The van der Waals surface area contributed by atoms with E-state index < -0.39 is 0 Å². The highest BCUT2D eigenvalue weighted by atomic mass is 127. The second kappa shape index (κ2) is 9.05. The molecule has 2 heterocycles. The Morgan fingerprint density at radius 2 is 2.13 bits per heavy atom. The zero-order valence-corrected chi connectivity index (χ0v) is 17.0. The van der Waals surface area contributed by atoms with E-state index in [0.717, 1.165) is 55.7 Å². The van der Waals surface area contributed by atoms with Crippen LogP contribution in [0.1, 0.15) is 32.6 Å². The number of hydrogen-bond acceptors (Lipinski definition) is 4. The number of piperazine rings is 1. The topological polar surface area (TPSA) is 57.8 Å². The lowest BCUT2D eigenvalue weighted by atomic mass is 9.82. The van der Waals surface area contributed by atoms with Gasteiger partial charge in [0.25, 0.3) is 0 Å². The summed E-state index contributed by atoms with van der Waals surface area (Å²) in [5.74, 6) is 2.33. The van der Waals surface area contributed by atoms with Gasteiger partial charge in [0.15, 0.2) is 11.1 Å². The highest BCUT2D eigenvalue weighted by Crippen LogP contribution is 2.28. The van der Waals surface area contributed by atoms with Crippen molar-refractivity contribution in [3.05, 3.63) is 11.6 Å². The van der Waals surface area contributed by atoms with Gasteiger partial charge in [-0.05, 0) is 24.7 Å². The fourth-order valence-electron chi connectivity index (χ4n) is 3.55. The molecule has 1 saturated carbocycles. The second-order valence-corrected chi connectivity index (χ2v) is 7.50. The molecular weight excluding hydrogens is 421 g/mol. The van der Waals surface area contributed by atoms with Gasteiger partial charge in [0.2, 0.25) is 0 Å². The molecule has 5 nitrogen and oxygen atoms in total. The largest absolute Gasteiger partial charge is 0.370 e. The number of guanidine groups is 1. The molecule has 0 radical (unpaired) electrons. The third kappa shape index (κ3) is 5.20. The first-order valence-electron chi connectivity index (χ1n) is 8.41. The zero-order valence-electron chi connectivity index (χ0n) is 13.9. The molecule has 23 heavy (non-hydrogen) atoms. The van der Waals surface area contributed by atoms with Crippen LogP contribution in [0.5, 0.6) is 0 Å². The van der Waals surface area contributed by atoms with Gasteiger partial charge in [-0.1, -0.05) is 19.8 Å². The number of aromatic nitrogens is 1. The summed E-state index contributed by atoms with van der Waals surface area (Å²) in [7, 11) is 0. The molecule has 1 aromatic rings. The van der Waals surface area contributed by atoms with Crippen LogP contribution >= 0.6 is 35.3 Å². The highest BCUT2D eigenvalue weighted by Gasteiger charge is 2.21. The number of nitrogens with zero attached hydrogens (tertiary/aromatic N) is 4.